The molecule has 1 fully saturated rings. The zero-order chi connectivity index (χ0) is 24.5. The molecule has 1 atom stereocenters. The molecular weight excluding hydrogens is 536 g/mol. The van der Waals surface area contributed by atoms with Crippen molar-refractivity contribution in [1.82, 2.24) is 24.4 Å². The number of aryl methyl sites for hydroxylation is 1. The van der Waals surface area contributed by atoms with Gasteiger partial charge in [-0.3, -0.25) is 10.2 Å². The van der Waals surface area contributed by atoms with Crippen molar-refractivity contribution in [2.75, 3.05) is 27.0 Å². The number of nitrogens with zero attached hydrogens (tertiary/aromatic N) is 4. The van der Waals surface area contributed by atoms with Crippen molar-refractivity contribution in [1.29, 1.82) is 5.41 Å². The molecule has 2 aliphatic heterocycles. The minimum atomic E-state index is -0.394. The molecule has 3 aromatic rings. The fourth-order valence-corrected chi connectivity index (χ4v) is 5.76. The summed E-state index contributed by atoms with van der Waals surface area (Å²) >= 11 is 5.05. The molecule has 1 amide bonds. The number of imidazole rings is 1. The van der Waals surface area contributed by atoms with Crippen molar-refractivity contribution in [3.05, 3.63) is 28.4 Å². The highest BCUT2D eigenvalue weighted by Crippen LogP contribution is 2.42. The van der Waals surface area contributed by atoms with Gasteiger partial charge in [-0.1, -0.05) is 11.8 Å². The SMILES string of the molecule is CO[C@H](C)C(=O)N1CCC(CCn2cnc(=N)c3[nH]c(Sc4cc5c(cc4Br)OCO5)nc32)CC1. The van der Waals surface area contributed by atoms with Gasteiger partial charge in [0.15, 0.2) is 27.8 Å². The molecule has 0 saturated carbocycles. The Labute approximate surface area is 215 Å². The largest absolute Gasteiger partial charge is 0.454 e. The van der Waals surface area contributed by atoms with Gasteiger partial charge in [-0.05, 0) is 60.2 Å². The molecule has 35 heavy (non-hydrogen) atoms. The number of piperidine rings is 1. The van der Waals surface area contributed by atoms with Crippen LogP contribution in [0.2, 0.25) is 0 Å². The lowest BCUT2D eigenvalue weighted by Gasteiger charge is -2.33. The van der Waals surface area contributed by atoms with Crippen LogP contribution >= 0.6 is 27.7 Å². The van der Waals surface area contributed by atoms with Crippen LogP contribution in [0.4, 0.5) is 0 Å². The predicted molar refractivity (Wildman–Crippen MR) is 133 cm³/mol. The van der Waals surface area contributed by atoms with Crippen molar-refractivity contribution in [3.8, 4) is 11.5 Å². The number of nitrogens with one attached hydrogen (secondary N) is 2. The fraction of sp³-hybridized carbons (Fsp3) is 0.478. The van der Waals surface area contributed by atoms with Gasteiger partial charge in [0.05, 0.1) is 6.33 Å². The van der Waals surface area contributed by atoms with Gasteiger partial charge in [-0.2, -0.15) is 0 Å². The number of hydrogen-bond donors (Lipinski definition) is 2. The van der Waals surface area contributed by atoms with Crippen LogP contribution in [0.3, 0.4) is 0 Å². The Bertz CT molecular complexity index is 1300. The highest BCUT2D eigenvalue weighted by Gasteiger charge is 2.26. The van der Waals surface area contributed by atoms with E-state index < -0.39 is 6.10 Å². The Morgan fingerprint density at radius 2 is 2.09 bits per heavy atom. The molecule has 0 aliphatic carbocycles. The third-order valence-electron chi connectivity index (χ3n) is 6.54. The molecule has 0 unspecified atom stereocenters. The van der Waals surface area contributed by atoms with Crippen LogP contribution in [0.5, 0.6) is 11.5 Å². The van der Waals surface area contributed by atoms with Crippen LogP contribution < -0.4 is 15.0 Å². The summed E-state index contributed by atoms with van der Waals surface area (Å²) in [6.45, 7) is 4.28. The van der Waals surface area contributed by atoms with E-state index in [-0.39, 0.29) is 18.2 Å². The quantitative estimate of drug-likeness (QED) is 0.452. The van der Waals surface area contributed by atoms with Gasteiger partial charge in [-0.25, -0.2) is 9.97 Å². The standard InChI is InChI=1S/C23H27BrN6O4S/c1-13(32-2)22(31)29-6-3-14(4-7-29)5-8-30-11-26-20(25)19-21(30)28-23(27-19)35-18-10-17-16(9-15(18)24)33-12-34-17/h9-11,13-14,25H,3-8,12H2,1-2H3,(H,27,28)/t13-/m1/s1. The number of amides is 1. The van der Waals surface area contributed by atoms with E-state index in [9.17, 15) is 4.79 Å². The number of aromatic amines is 1. The number of H-pyrrole nitrogens is 1. The summed E-state index contributed by atoms with van der Waals surface area (Å²) in [4.78, 5) is 27.5. The second kappa shape index (κ2) is 10.2. The van der Waals surface area contributed by atoms with E-state index in [0.717, 1.165) is 48.3 Å². The van der Waals surface area contributed by atoms with Crippen LogP contribution in [0.15, 0.2) is 33.0 Å². The first-order valence-electron chi connectivity index (χ1n) is 11.5. The average molecular weight is 563 g/mol. The molecule has 12 heteroatoms. The number of halogens is 1. The summed E-state index contributed by atoms with van der Waals surface area (Å²) in [5.41, 5.74) is 1.49. The maximum Gasteiger partial charge on any atom is 0.251 e. The molecule has 0 bridgehead atoms. The number of likely N-dealkylation sites (tertiary alicyclic amines) is 1. The fourth-order valence-electron chi connectivity index (χ4n) is 4.38. The smallest absolute Gasteiger partial charge is 0.251 e. The van der Waals surface area contributed by atoms with Crippen LogP contribution in [-0.2, 0) is 16.1 Å². The molecule has 1 saturated heterocycles. The number of carbonyl (C=O) groups is 1. The van der Waals surface area contributed by atoms with E-state index in [0.29, 0.717) is 33.7 Å². The maximum atomic E-state index is 12.3. The molecular formula is C23H27BrN6O4S. The molecule has 10 nitrogen and oxygen atoms in total. The van der Waals surface area contributed by atoms with Gasteiger partial charge >= 0.3 is 0 Å². The second-order valence-electron chi connectivity index (χ2n) is 8.70. The lowest BCUT2D eigenvalue weighted by Crippen LogP contribution is -2.43. The topological polar surface area (TPSA) is 118 Å². The Morgan fingerprint density at radius 3 is 2.83 bits per heavy atom. The first-order chi connectivity index (χ1) is 16.9. The third kappa shape index (κ3) is 5.05. The van der Waals surface area contributed by atoms with Gasteiger partial charge < -0.3 is 28.7 Å². The first kappa shape index (κ1) is 24.1. The highest BCUT2D eigenvalue weighted by atomic mass is 79.9. The van der Waals surface area contributed by atoms with Crippen LogP contribution in [-0.4, -0.2) is 63.4 Å². The van der Waals surface area contributed by atoms with E-state index in [2.05, 4.69) is 25.9 Å². The van der Waals surface area contributed by atoms with Gasteiger partial charge in [0, 0.05) is 36.1 Å². The first-order valence-corrected chi connectivity index (χ1v) is 13.1. The van der Waals surface area contributed by atoms with Gasteiger partial charge in [0.2, 0.25) is 6.79 Å². The van der Waals surface area contributed by atoms with Gasteiger partial charge in [0.25, 0.3) is 5.91 Å². The molecule has 0 spiro atoms. The molecule has 0 radical (unpaired) electrons. The Kier molecular flexibility index (Phi) is 7.03. The van der Waals surface area contributed by atoms with E-state index in [4.69, 9.17) is 24.6 Å². The molecule has 186 valence electrons. The zero-order valence-corrected chi connectivity index (χ0v) is 21.9. The Morgan fingerprint density at radius 1 is 1.34 bits per heavy atom. The van der Waals surface area contributed by atoms with Crippen molar-refractivity contribution in [2.45, 2.75) is 48.9 Å². The summed E-state index contributed by atoms with van der Waals surface area (Å²) in [6.07, 6.45) is 4.19. The van der Waals surface area contributed by atoms with E-state index in [1.54, 1.807) is 20.4 Å². The van der Waals surface area contributed by atoms with Crippen LogP contribution in [0.1, 0.15) is 26.2 Å². The number of aromatic nitrogens is 4. The number of ether oxygens (including phenoxy) is 3. The summed E-state index contributed by atoms with van der Waals surface area (Å²) in [5.74, 6) is 2.00. The molecule has 4 heterocycles. The van der Waals surface area contributed by atoms with Crippen LogP contribution in [0.25, 0.3) is 11.2 Å². The number of benzene rings is 1. The monoisotopic (exact) mass is 562 g/mol. The molecule has 2 aliphatic rings. The van der Waals surface area contributed by atoms with Gasteiger partial charge in [-0.15, -0.1) is 0 Å². The van der Waals surface area contributed by atoms with Crippen molar-refractivity contribution >= 4 is 44.8 Å². The van der Waals surface area contributed by atoms with E-state index >= 15 is 0 Å². The van der Waals surface area contributed by atoms with Gasteiger partial charge in [0.1, 0.15) is 11.6 Å². The number of rotatable bonds is 7. The van der Waals surface area contributed by atoms with Crippen molar-refractivity contribution < 1.29 is 19.0 Å². The minimum absolute atomic E-state index is 0.0629. The average Bonchev–Trinajstić information content (AvgIpc) is 3.50. The Hall–Kier alpha value is -2.57. The number of carbonyl (C=O) groups excluding carboxylic acids is 1. The predicted octanol–water partition coefficient (Wildman–Crippen LogP) is 3.54. The number of methoxy groups -OCH3 is 1. The lowest BCUT2D eigenvalue weighted by atomic mass is 9.93. The highest BCUT2D eigenvalue weighted by molar-refractivity contribution is 9.10. The Balaban J connectivity index is 1.27. The number of hydrogen-bond acceptors (Lipinski definition) is 8. The summed E-state index contributed by atoms with van der Waals surface area (Å²) in [5, 5.41) is 8.91. The summed E-state index contributed by atoms with van der Waals surface area (Å²) in [7, 11) is 1.57. The molecule has 1 aromatic carbocycles. The summed E-state index contributed by atoms with van der Waals surface area (Å²) < 4.78 is 19.0. The molecule has 2 N–H and O–H groups in total. The zero-order valence-electron chi connectivity index (χ0n) is 19.5. The second-order valence-corrected chi connectivity index (χ2v) is 10.6. The number of fused-ring (bicyclic) bond motifs is 2. The maximum absolute atomic E-state index is 12.3. The molecule has 5 rings (SSSR count). The third-order valence-corrected chi connectivity index (χ3v) is 8.40. The lowest BCUT2D eigenvalue weighted by molar-refractivity contribution is -0.142. The van der Waals surface area contributed by atoms with E-state index in [1.807, 2.05) is 21.6 Å². The minimum Gasteiger partial charge on any atom is -0.454 e. The molecule has 2 aromatic heterocycles. The van der Waals surface area contributed by atoms with Crippen molar-refractivity contribution in [2.24, 2.45) is 5.92 Å². The van der Waals surface area contributed by atoms with Crippen molar-refractivity contribution in [3.63, 3.8) is 0 Å². The van der Waals surface area contributed by atoms with E-state index in [1.165, 1.54) is 11.8 Å². The normalized spacial score (nSPS) is 16.7. The van der Waals surface area contributed by atoms with Crippen LogP contribution in [0, 0.1) is 11.3 Å². The summed E-state index contributed by atoms with van der Waals surface area (Å²) in [6, 6.07) is 3.81.